The third-order valence-corrected chi connectivity index (χ3v) is 3.18. The zero-order valence-electron chi connectivity index (χ0n) is 9.38. The van der Waals surface area contributed by atoms with Gasteiger partial charge in [0, 0.05) is 10.7 Å². The molecular weight excluding hydrogens is 335 g/mol. The first-order chi connectivity index (χ1) is 9.00. The molecule has 0 saturated heterocycles. The first-order valence-corrected chi connectivity index (χ1v) is 7.09. The van der Waals surface area contributed by atoms with Crippen molar-refractivity contribution in [1.82, 2.24) is 0 Å². The molecule has 20 heavy (non-hydrogen) atoms. The van der Waals surface area contributed by atoms with Gasteiger partial charge < -0.3 is 4.74 Å². The smallest absolute Gasteiger partial charge is 0.485 e. The van der Waals surface area contributed by atoms with Crippen LogP contribution in [0.2, 0.25) is 0 Å². The summed E-state index contributed by atoms with van der Waals surface area (Å²) >= 11 is 0. The zero-order valence-corrected chi connectivity index (χ0v) is 11.0. The Morgan fingerprint density at radius 3 is 2.00 bits per heavy atom. The van der Waals surface area contributed by atoms with Gasteiger partial charge in [0.2, 0.25) is 0 Å². The van der Waals surface area contributed by atoms with Crippen molar-refractivity contribution in [2.45, 2.75) is 11.3 Å². The number of hydrogen-bond donors (Lipinski definition) is 0. The van der Waals surface area contributed by atoms with E-state index >= 15 is 0 Å². The Morgan fingerprint density at radius 1 is 1.10 bits per heavy atom. The van der Waals surface area contributed by atoms with Crippen LogP contribution in [0, 0.1) is 11.6 Å². The van der Waals surface area contributed by atoms with E-state index in [1.54, 1.807) is 0 Å². The molecule has 11 heteroatoms. The summed E-state index contributed by atoms with van der Waals surface area (Å²) in [5.41, 5.74) is 0. The maximum Gasteiger partial charge on any atom is 0.522 e. The molecule has 0 N–H and O–H groups in total. The fourth-order valence-electron chi connectivity index (χ4n) is 1.12. The van der Waals surface area contributed by atoms with Crippen LogP contribution in [-0.4, -0.2) is 28.0 Å². The fourth-order valence-corrected chi connectivity index (χ4v) is 1.87. The number of alkyl halides is 3. The minimum Gasteiger partial charge on any atom is -0.485 e. The highest BCUT2D eigenvalue weighted by molar-refractivity contribution is 8.13. The predicted molar refractivity (Wildman–Crippen MR) is 56.9 cm³/mol. The fraction of sp³-hybridized carbons (Fsp3) is 0.333. The van der Waals surface area contributed by atoms with E-state index in [9.17, 15) is 30.4 Å². The minimum absolute atomic E-state index is 0.380. The third-order valence-electron chi connectivity index (χ3n) is 1.85. The summed E-state index contributed by atoms with van der Waals surface area (Å²) in [5.74, 6) is -3.87. The van der Waals surface area contributed by atoms with E-state index in [0.29, 0.717) is 12.1 Å². The van der Waals surface area contributed by atoms with Crippen molar-refractivity contribution in [3.63, 3.8) is 0 Å². The second-order valence-corrected chi connectivity index (χ2v) is 5.86. The van der Waals surface area contributed by atoms with Crippen LogP contribution in [-0.2, 0) is 13.8 Å². The van der Waals surface area contributed by atoms with Gasteiger partial charge in [0.15, 0.2) is 17.4 Å². The van der Waals surface area contributed by atoms with Crippen LogP contribution in [0.3, 0.4) is 0 Å². The Balaban J connectivity index is 2.78. The van der Waals surface area contributed by atoms with Gasteiger partial charge >= 0.3 is 6.36 Å². The summed E-state index contributed by atoms with van der Waals surface area (Å²) in [5, 5.41) is 0. The number of benzene rings is 1. The number of halogens is 6. The number of ether oxygens (including phenoxy) is 2. The number of rotatable bonds is 5. The lowest BCUT2D eigenvalue weighted by Crippen LogP contribution is -2.18. The van der Waals surface area contributed by atoms with Crippen molar-refractivity contribution in [3.8, 4) is 5.75 Å². The van der Waals surface area contributed by atoms with Gasteiger partial charge in [-0.1, -0.05) is 0 Å². The van der Waals surface area contributed by atoms with E-state index in [-0.39, 0.29) is 0 Å². The summed E-state index contributed by atoms with van der Waals surface area (Å²) in [6.45, 7) is -1.78. The zero-order chi connectivity index (χ0) is 15.6. The van der Waals surface area contributed by atoms with Crippen LogP contribution in [0.25, 0.3) is 0 Å². The maximum absolute atomic E-state index is 13.4. The highest BCUT2D eigenvalue weighted by Gasteiger charge is 2.29. The lowest BCUT2D eigenvalue weighted by molar-refractivity contribution is -0.325. The maximum atomic E-state index is 13.4. The summed E-state index contributed by atoms with van der Waals surface area (Å²) in [6, 6.07) is 0.761. The van der Waals surface area contributed by atoms with Crippen LogP contribution >= 0.6 is 10.7 Å². The lowest BCUT2D eigenvalue weighted by Gasteiger charge is -2.10. The van der Waals surface area contributed by atoms with E-state index < -0.39 is 50.9 Å². The highest BCUT2D eigenvalue weighted by atomic mass is 35.7. The molecule has 0 amide bonds. The molecule has 0 unspecified atom stereocenters. The molecule has 1 rings (SSSR count). The normalized spacial score (nSPS) is 12.5. The first-order valence-electron chi connectivity index (χ1n) is 4.78. The molecule has 0 aliphatic heterocycles. The van der Waals surface area contributed by atoms with Crippen LogP contribution in [0.1, 0.15) is 0 Å². The molecule has 0 heterocycles. The Kier molecular flexibility index (Phi) is 5.16. The van der Waals surface area contributed by atoms with Crippen LogP contribution < -0.4 is 4.74 Å². The van der Waals surface area contributed by atoms with E-state index in [0.717, 1.165) is 0 Å². The first kappa shape index (κ1) is 16.9. The molecule has 0 bridgehead atoms. The van der Waals surface area contributed by atoms with Crippen LogP contribution in [0.4, 0.5) is 22.0 Å². The third kappa shape index (κ3) is 5.10. The van der Waals surface area contributed by atoms with Crippen LogP contribution in [0.5, 0.6) is 5.75 Å². The van der Waals surface area contributed by atoms with E-state index in [1.807, 2.05) is 0 Å². The lowest BCUT2D eigenvalue weighted by atomic mass is 10.3. The monoisotopic (exact) mass is 340 g/mol. The molecule has 0 fully saturated rings. The van der Waals surface area contributed by atoms with Gasteiger partial charge in [-0.25, -0.2) is 17.2 Å². The van der Waals surface area contributed by atoms with Crippen molar-refractivity contribution in [2.75, 3.05) is 13.2 Å². The van der Waals surface area contributed by atoms with Crippen molar-refractivity contribution >= 4 is 19.7 Å². The van der Waals surface area contributed by atoms with E-state index in [4.69, 9.17) is 10.7 Å². The molecule has 114 valence electrons. The molecular formula is C9H6ClF5O4S. The molecule has 0 aliphatic carbocycles. The Morgan fingerprint density at radius 2 is 1.60 bits per heavy atom. The summed E-state index contributed by atoms with van der Waals surface area (Å²) in [6.07, 6.45) is -4.89. The molecule has 0 spiro atoms. The highest BCUT2D eigenvalue weighted by Crippen LogP contribution is 2.27. The Bertz CT molecular complexity index is 563. The number of hydrogen-bond acceptors (Lipinski definition) is 4. The van der Waals surface area contributed by atoms with Gasteiger partial charge in [-0.3, -0.25) is 4.74 Å². The van der Waals surface area contributed by atoms with Crippen molar-refractivity contribution < 1.29 is 39.8 Å². The molecule has 0 radical (unpaired) electrons. The summed E-state index contributed by atoms with van der Waals surface area (Å²) in [4.78, 5) is -0.840. The van der Waals surface area contributed by atoms with E-state index in [2.05, 4.69) is 9.47 Å². The molecule has 1 aromatic rings. The SMILES string of the molecule is O=S(=O)(Cl)c1cc(F)c(OCCOC(F)(F)F)c(F)c1. The summed E-state index contributed by atoms with van der Waals surface area (Å²) < 4.78 is 91.0. The quantitative estimate of drug-likeness (QED) is 0.470. The van der Waals surface area contributed by atoms with Gasteiger partial charge in [0.05, 0.1) is 11.5 Å². The molecule has 0 saturated carbocycles. The van der Waals surface area contributed by atoms with Gasteiger partial charge in [0.1, 0.15) is 6.61 Å². The molecule has 1 aromatic carbocycles. The predicted octanol–water partition coefficient (Wildman–Crippen LogP) is 2.81. The van der Waals surface area contributed by atoms with Crippen molar-refractivity contribution in [1.29, 1.82) is 0 Å². The van der Waals surface area contributed by atoms with Crippen molar-refractivity contribution in [3.05, 3.63) is 23.8 Å². The van der Waals surface area contributed by atoms with E-state index in [1.165, 1.54) is 0 Å². The van der Waals surface area contributed by atoms with Crippen LogP contribution in [0.15, 0.2) is 17.0 Å². The van der Waals surface area contributed by atoms with Crippen molar-refractivity contribution in [2.24, 2.45) is 0 Å². The van der Waals surface area contributed by atoms with Gasteiger partial charge in [-0.15, -0.1) is 13.2 Å². The average molecular weight is 341 g/mol. The largest absolute Gasteiger partial charge is 0.522 e. The average Bonchev–Trinajstić information content (AvgIpc) is 2.23. The molecule has 4 nitrogen and oxygen atoms in total. The van der Waals surface area contributed by atoms with Gasteiger partial charge in [-0.2, -0.15) is 0 Å². The van der Waals surface area contributed by atoms with Gasteiger partial charge in [0.25, 0.3) is 9.05 Å². The topological polar surface area (TPSA) is 52.6 Å². The molecule has 0 aliphatic rings. The molecule has 0 atom stereocenters. The Hall–Kier alpha value is -1.13. The second-order valence-electron chi connectivity index (χ2n) is 3.30. The summed E-state index contributed by atoms with van der Waals surface area (Å²) in [7, 11) is 0.539. The van der Waals surface area contributed by atoms with Gasteiger partial charge in [-0.05, 0) is 12.1 Å². The Labute approximate surface area is 114 Å². The molecule has 0 aromatic heterocycles. The minimum atomic E-state index is -4.89. The standard InChI is InChI=1S/C9H6ClF5O4S/c10-20(16,17)5-3-6(11)8(7(12)4-5)18-1-2-19-9(13,14)15/h3-4H,1-2H2. The second kappa shape index (κ2) is 6.10.